The van der Waals surface area contributed by atoms with E-state index < -0.39 is 61.1 Å². The monoisotopic (exact) mass is 558 g/mol. The molecule has 0 unspecified atom stereocenters. The maximum atomic E-state index is 12.8. The Morgan fingerprint density at radius 3 is 1.97 bits per heavy atom. The van der Waals surface area contributed by atoms with Crippen molar-refractivity contribution in [1.82, 2.24) is 9.97 Å². The lowest BCUT2D eigenvalue weighted by Crippen LogP contribution is -2.66. The summed E-state index contributed by atoms with van der Waals surface area (Å²) < 4.78 is 34.6. The summed E-state index contributed by atoms with van der Waals surface area (Å²) in [7, 11) is -7.71. The van der Waals surface area contributed by atoms with Crippen LogP contribution in [0.4, 0.5) is 0 Å². The molecule has 2 saturated heterocycles. The lowest BCUT2D eigenvalue weighted by molar-refractivity contribution is -0.0392. The zero-order valence-corrected chi connectivity index (χ0v) is 26.8. The Bertz CT molecular complexity index is 1000. The van der Waals surface area contributed by atoms with Gasteiger partial charge in [0.25, 0.3) is 5.56 Å². The van der Waals surface area contributed by atoms with Gasteiger partial charge in [0.2, 0.25) is 0 Å². The fraction of sp³-hybridized carbons (Fsp3) is 0.833. The van der Waals surface area contributed by atoms with Crippen molar-refractivity contribution in [3.63, 3.8) is 0 Å². The van der Waals surface area contributed by atoms with Crippen LogP contribution in [0.1, 0.15) is 67.1 Å². The van der Waals surface area contributed by atoms with Crippen molar-refractivity contribution < 1.29 is 22.1 Å². The number of rotatable bonds is 7. The van der Waals surface area contributed by atoms with E-state index in [2.05, 4.69) is 85.0 Å². The first-order valence-corrected chi connectivity index (χ1v) is 20.6. The van der Waals surface area contributed by atoms with E-state index in [0.29, 0.717) is 12.2 Å². The Balaban J connectivity index is 2.18. The molecule has 1 aromatic heterocycles. The molecule has 3 rings (SSSR count). The van der Waals surface area contributed by atoms with E-state index in [-0.39, 0.29) is 22.2 Å². The second kappa shape index (κ2) is 10.7. The van der Waals surface area contributed by atoms with Crippen molar-refractivity contribution in [2.45, 2.75) is 122 Å². The number of hydrogen-bond donors (Lipinski definition) is 2. The van der Waals surface area contributed by atoms with Gasteiger partial charge in [0.15, 0.2) is 8.32 Å². The van der Waals surface area contributed by atoms with E-state index >= 15 is 0 Å². The highest BCUT2D eigenvalue weighted by Gasteiger charge is 2.62. The van der Waals surface area contributed by atoms with Crippen LogP contribution in [0, 0.1) is 0 Å². The Morgan fingerprint density at radius 2 is 1.50 bits per heavy atom. The van der Waals surface area contributed by atoms with Crippen molar-refractivity contribution in [2.75, 3.05) is 6.61 Å². The predicted octanol–water partition coefficient (Wildman–Crippen LogP) is 4.68. The van der Waals surface area contributed by atoms with Crippen LogP contribution < -0.4 is 11.2 Å². The lowest BCUT2D eigenvalue weighted by atomic mass is 10.0. The van der Waals surface area contributed by atoms with Crippen LogP contribution in [-0.2, 0) is 22.1 Å². The molecular formula is C24H46N2O7Si3. The summed E-state index contributed by atoms with van der Waals surface area (Å²) in [5, 5.41) is 0. The molecule has 12 heteroatoms. The summed E-state index contributed by atoms with van der Waals surface area (Å²) in [6.07, 6.45) is -0.692. The normalized spacial score (nSPS) is 28.5. The average Bonchev–Trinajstić information content (AvgIpc) is 3.01. The van der Waals surface area contributed by atoms with Crippen LogP contribution in [-0.4, -0.2) is 60.3 Å². The minimum absolute atomic E-state index is 0.160. The van der Waals surface area contributed by atoms with Crippen LogP contribution >= 0.6 is 0 Å². The summed E-state index contributed by atoms with van der Waals surface area (Å²) >= 11 is 0. The van der Waals surface area contributed by atoms with Crippen LogP contribution in [0.3, 0.4) is 0 Å². The van der Waals surface area contributed by atoms with Gasteiger partial charge in [-0.3, -0.25) is 9.78 Å². The third kappa shape index (κ3) is 5.60. The van der Waals surface area contributed by atoms with Gasteiger partial charge in [-0.25, -0.2) is 4.79 Å². The highest BCUT2D eigenvalue weighted by molar-refractivity contribution is 6.84. The highest BCUT2D eigenvalue weighted by Crippen LogP contribution is 2.49. The molecule has 2 fully saturated rings. The Kier molecular flexibility index (Phi) is 8.83. The van der Waals surface area contributed by atoms with Gasteiger partial charge in [-0.05, 0) is 41.8 Å². The van der Waals surface area contributed by atoms with Crippen LogP contribution in [0.25, 0.3) is 0 Å². The second-order valence-electron chi connectivity index (χ2n) is 12.4. The van der Waals surface area contributed by atoms with Gasteiger partial charge in [-0.1, -0.05) is 55.4 Å². The van der Waals surface area contributed by atoms with Crippen molar-refractivity contribution >= 4 is 25.4 Å². The van der Waals surface area contributed by atoms with Crippen molar-refractivity contribution in [2.24, 2.45) is 0 Å². The maximum absolute atomic E-state index is 12.8. The molecule has 0 radical (unpaired) electrons. The van der Waals surface area contributed by atoms with Gasteiger partial charge in [0.05, 0.1) is 12.2 Å². The van der Waals surface area contributed by atoms with Gasteiger partial charge >= 0.3 is 22.8 Å². The minimum atomic E-state index is -2.89. The van der Waals surface area contributed by atoms with E-state index in [1.54, 1.807) is 0 Å². The molecule has 2 aliphatic rings. The number of fused-ring (bicyclic) bond motifs is 1. The maximum Gasteiger partial charge on any atom is 0.335 e. The van der Waals surface area contributed by atoms with Crippen molar-refractivity contribution in [3.8, 4) is 0 Å². The molecule has 3 heterocycles. The summed E-state index contributed by atoms with van der Waals surface area (Å²) in [6.45, 7) is 24.1. The van der Waals surface area contributed by atoms with Crippen LogP contribution in [0.5, 0.6) is 0 Å². The topological polar surface area (TPSA) is 112 Å². The summed E-state index contributed by atoms with van der Waals surface area (Å²) in [5.41, 5.74) is 0.0413. The van der Waals surface area contributed by atoms with Crippen LogP contribution in [0.2, 0.25) is 41.8 Å². The fourth-order valence-corrected chi connectivity index (χ4v) is 17.8. The molecule has 36 heavy (non-hydrogen) atoms. The molecule has 206 valence electrons. The number of H-pyrrole nitrogens is 2. The number of hydrogen-bond acceptors (Lipinski definition) is 7. The van der Waals surface area contributed by atoms with Crippen molar-refractivity contribution in [1.29, 1.82) is 0 Å². The lowest BCUT2D eigenvalue weighted by Gasteiger charge is -2.51. The van der Waals surface area contributed by atoms with Gasteiger partial charge in [0.1, 0.15) is 24.4 Å². The molecular weight excluding hydrogens is 513 g/mol. The second-order valence-corrected chi connectivity index (χ2v) is 25.7. The smallest absolute Gasteiger partial charge is 0.335 e. The quantitative estimate of drug-likeness (QED) is 0.467. The zero-order chi connectivity index (χ0) is 27.2. The third-order valence-electron chi connectivity index (χ3n) is 7.29. The Hall–Kier alpha value is -0.869. The molecule has 2 aliphatic heterocycles. The molecule has 0 spiro atoms. The Morgan fingerprint density at radius 1 is 0.944 bits per heavy atom. The highest BCUT2D eigenvalue weighted by atomic mass is 28.5. The standard InChI is InChI=1S/C24H46N2O7Si3/c1-14(2)35(15(3)4)29-13-19-21(32-36(33-35,16(5)6)17(7)8)22(31-34(9,10)11)20(30-19)18-12-25-24(28)26-23(18)27/h12,14-17,19-22H,13H2,1-11H3,(H2,25,26,27,28)/t19-,20+,21-,22+/m1/s1. The first-order chi connectivity index (χ1) is 16.5. The van der Waals surface area contributed by atoms with E-state index in [1.165, 1.54) is 6.20 Å². The SMILES string of the molecule is CC(C)[Si]1(C(C)C)OC[C@H]2O[C@@H](c3c[nH]c(=O)[nH]c3=O)[C@H](O[Si](C)(C)C)[C@@H]2O[Si](C(C)C)(C(C)C)O1. The summed E-state index contributed by atoms with van der Waals surface area (Å²) in [4.78, 5) is 29.5. The van der Waals surface area contributed by atoms with Gasteiger partial charge < -0.3 is 27.1 Å². The molecule has 1 aromatic rings. The zero-order valence-electron chi connectivity index (χ0n) is 23.8. The molecule has 0 saturated carbocycles. The van der Waals surface area contributed by atoms with E-state index in [0.717, 1.165) is 0 Å². The molecule has 4 atom stereocenters. The largest absolute Gasteiger partial charge is 0.414 e. The first kappa shape index (κ1) is 29.7. The fourth-order valence-electron chi connectivity index (χ4n) is 5.56. The van der Waals surface area contributed by atoms with Crippen molar-refractivity contribution in [3.05, 3.63) is 32.6 Å². The number of aromatic nitrogens is 2. The first-order valence-electron chi connectivity index (χ1n) is 13.2. The van der Waals surface area contributed by atoms with E-state index in [4.69, 9.17) is 22.1 Å². The molecule has 2 N–H and O–H groups in total. The number of ether oxygens (including phenoxy) is 1. The molecule has 0 aromatic carbocycles. The van der Waals surface area contributed by atoms with Gasteiger partial charge in [-0.15, -0.1) is 0 Å². The van der Waals surface area contributed by atoms with Gasteiger partial charge in [-0.2, -0.15) is 0 Å². The Labute approximate surface area is 218 Å². The predicted molar refractivity (Wildman–Crippen MR) is 147 cm³/mol. The van der Waals surface area contributed by atoms with E-state index in [1.807, 2.05) is 0 Å². The molecule has 0 aliphatic carbocycles. The number of aromatic amines is 2. The third-order valence-corrected chi connectivity index (χ3v) is 18.5. The average molecular weight is 559 g/mol. The molecule has 0 amide bonds. The van der Waals surface area contributed by atoms with Gasteiger partial charge in [0, 0.05) is 6.20 Å². The van der Waals surface area contributed by atoms with E-state index in [9.17, 15) is 9.59 Å². The molecule has 9 nitrogen and oxygen atoms in total. The van der Waals surface area contributed by atoms with Crippen LogP contribution in [0.15, 0.2) is 15.8 Å². The molecule has 0 bridgehead atoms. The summed E-state index contributed by atoms with van der Waals surface area (Å²) in [6, 6.07) is 0. The summed E-state index contributed by atoms with van der Waals surface area (Å²) in [5.74, 6) is 0. The number of nitrogens with one attached hydrogen (secondary N) is 2. The minimum Gasteiger partial charge on any atom is -0.414 e.